The molecule has 3 aromatic heterocycles. The molecule has 5 heterocycles. The monoisotopic (exact) mass is 675 g/mol. The number of rotatable bonds is 11. The molecule has 0 bridgehead atoms. The number of thioether (sulfide) groups is 2. The van der Waals surface area contributed by atoms with Crippen molar-refractivity contribution >= 4 is 63.7 Å². The van der Waals surface area contributed by atoms with Gasteiger partial charge in [-0.2, -0.15) is 4.73 Å². The lowest BCUT2D eigenvalue weighted by Crippen LogP contribution is -2.71. The number of aliphatic carboxylic acids is 1. The van der Waals surface area contributed by atoms with E-state index in [0.717, 1.165) is 21.1 Å². The standard InChI is InChI=1S/C26H25N7O9S3/c27-26-28-14(11-45-26)18(29-21(37)15-7-16(35)17(36)8-32(15)42)22(38)30-19-23(39)33-20(25(40)41)12(10-44-24(19)33)9-43-13-1-3-31(4-2-13)5-6-34/h1-4,7-8,11,18-19,24,34,42H,5-6,9-10H2,(H5-,27,28,29,30,36,37,38,40,41)/t18?,19-,24-/m0/s1. The number of carboxylic acid groups (broad SMARTS) is 1. The van der Waals surface area contributed by atoms with Crippen LogP contribution in [0.15, 0.2) is 63.1 Å². The van der Waals surface area contributed by atoms with E-state index in [1.165, 1.54) is 28.9 Å². The van der Waals surface area contributed by atoms with Gasteiger partial charge in [0, 0.05) is 40.0 Å². The van der Waals surface area contributed by atoms with E-state index in [-0.39, 0.29) is 39.4 Å². The maximum absolute atomic E-state index is 13.4. The highest BCUT2D eigenvalue weighted by molar-refractivity contribution is 8.01. The lowest BCUT2D eigenvalue weighted by Gasteiger charge is -2.51. The fourth-order valence-electron chi connectivity index (χ4n) is 4.59. The fraction of sp³-hybridized carbons (Fsp3) is 0.269. The van der Waals surface area contributed by atoms with Gasteiger partial charge in [0.15, 0.2) is 35.9 Å². The number of hydrogen-bond acceptors (Lipinski definition) is 14. The van der Waals surface area contributed by atoms with Crippen molar-refractivity contribution in [2.75, 3.05) is 23.8 Å². The minimum Gasteiger partial charge on any atom is -0.543 e. The van der Waals surface area contributed by atoms with Gasteiger partial charge in [-0.15, -0.1) is 34.9 Å². The van der Waals surface area contributed by atoms with Crippen LogP contribution in [0.5, 0.6) is 5.75 Å². The molecule has 0 aromatic carbocycles. The maximum Gasteiger partial charge on any atom is 0.272 e. The third-order valence-corrected chi connectivity index (χ3v) is 9.92. The molecule has 0 radical (unpaired) electrons. The number of carbonyl (C=O) groups is 4. The van der Waals surface area contributed by atoms with Gasteiger partial charge < -0.3 is 41.7 Å². The number of nitrogens with two attached hydrogens (primary N) is 1. The summed E-state index contributed by atoms with van der Waals surface area (Å²) < 4.78 is 2.00. The van der Waals surface area contributed by atoms with Gasteiger partial charge in [-0.1, -0.05) is 0 Å². The molecule has 1 fully saturated rings. The molecular formula is C26H25N7O9S3. The smallest absolute Gasteiger partial charge is 0.272 e. The molecule has 0 aliphatic carbocycles. The molecule has 1 saturated heterocycles. The average molecular weight is 676 g/mol. The van der Waals surface area contributed by atoms with E-state index in [0.29, 0.717) is 24.4 Å². The molecule has 5 rings (SSSR count). The van der Waals surface area contributed by atoms with Gasteiger partial charge in [-0.05, 0) is 5.57 Å². The fourth-order valence-corrected chi connectivity index (χ4v) is 7.55. The number of pyridine rings is 2. The van der Waals surface area contributed by atoms with Crippen LogP contribution in [0, 0.1) is 0 Å². The number of hydrogen-bond donors (Lipinski definition) is 6. The minimum absolute atomic E-state index is 0.00585. The van der Waals surface area contributed by atoms with Gasteiger partial charge in [-0.25, -0.2) is 9.55 Å². The van der Waals surface area contributed by atoms with Crippen LogP contribution in [0.2, 0.25) is 0 Å². The number of anilines is 1. The van der Waals surface area contributed by atoms with E-state index in [1.54, 1.807) is 17.0 Å². The summed E-state index contributed by atoms with van der Waals surface area (Å²) in [7, 11) is 0. The third-order valence-electron chi connectivity index (χ3n) is 6.79. The first-order chi connectivity index (χ1) is 21.5. The van der Waals surface area contributed by atoms with Crippen molar-refractivity contribution in [1.29, 1.82) is 0 Å². The number of thiazole rings is 1. The third kappa shape index (κ3) is 6.60. The SMILES string of the molecule is Nc1nc(C(NC(=O)c2cc(=O)c(O)cn2O)C(=O)N[C@H]2C(=O)N3C(C(=O)[O-])=C(CSc4cc[n+](CCO)cc4)CS[C@@H]23)cs1. The molecule has 3 amide bonds. The number of aromatic nitrogens is 3. The summed E-state index contributed by atoms with van der Waals surface area (Å²) in [5, 5.41) is 46.3. The Kier molecular flexibility index (Phi) is 9.32. The first-order valence-corrected chi connectivity index (χ1v) is 16.0. The van der Waals surface area contributed by atoms with Gasteiger partial charge in [0.1, 0.15) is 23.7 Å². The molecule has 16 nitrogen and oxygen atoms in total. The molecular weight excluding hydrogens is 651 g/mol. The van der Waals surface area contributed by atoms with E-state index in [9.17, 15) is 39.4 Å². The number of nitrogens with zero attached hydrogens (tertiary/aromatic N) is 4. The molecule has 2 aliphatic rings. The Morgan fingerprint density at radius 2 is 2.00 bits per heavy atom. The van der Waals surface area contributed by atoms with Gasteiger partial charge in [0.25, 0.3) is 11.8 Å². The quantitative estimate of drug-likeness (QED) is 0.0547. The molecule has 0 spiro atoms. The number of fused-ring (bicyclic) bond motifs is 1. The number of nitrogen functional groups attached to an aromatic ring is 1. The summed E-state index contributed by atoms with van der Waals surface area (Å²) >= 11 is 3.59. The second-order valence-corrected chi connectivity index (χ2v) is 12.7. The zero-order valence-corrected chi connectivity index (χ0v) is 25.4. The predicted octanol–water partition coefficient (Wildman–Crippen LogP) is -2.22. The van der Waals surface area contributed by atoms with Crippen LogP contribution in [-0.4, -0.2) is 83.3 Å². The van der Waals surface area contributed by atoms with E-state index in [2.05, 4.69) is 15.6 Å². The van der Waals surface area contributed by atoms with Crippen molar-refractivity contribution in [3.05, 3.63) is 75.1 Å². The largest absolute Gasteiger partial charge is 0.543 e. The Hall–Kier alpha value is -4.59. The summed E-state index contributed by atoms with van der Waals surface area (Å²) in [5.74, 6) is -4.51. The van der Waals surface area contributed by atoms with Crippen molar-refractivity contribution in [3.63, 3.8) is 0 Å². The lowest BCUT2D eigenvalue weighted by molar-refractivity contribution is -0.698. The van der Waals surface area contributed by atoms with Crippen LogP contribution in [0.4, 0.5) is 5.13 Å². The zero-order valence-electron chi connectivity index (χ0n) is 23.0. The first-order valence-electron chi connectivity index (χ1n) is 13.1. The van der Waals surface area contributed by atoms with Crippen LogP contribution >= 0.6 is 34.9 Å². The second kappa shape index (κ2) is 13.2. The van der Waals surface area contributed by atoms with E-state index >= 15 is 0 Å². The van der Waals surface area contributed by atoms with Crippen molar-refractivity contribution in [2.45, 2.75) is 28.9 Å². The molecule has 1 unspecified atom stereocenters. The molecule has 236 valence electrons. The van der Waals surface area contributed by atoms with Crippen LogP contribution in [-0.2, 0) is 20.9 Å². The average Bonchev–Trinajstić information content (AvgIpc) is 3.44. The number of carbonyl (C=O) groups excluding carboxylic acids is 4. The summed E-state index contributed by atoms with van der Waals surface area (Å²) in [6.45, 7) is 0.427. The van der Waals surface area contributed by atoms with Gasteiger partial charge in [0.2, 0.25) is 11.3 Å². The summed E-state index contributed by atoms with van der Waals surface area (Å²) in [6.07, 6.45) is 4.18. The van der Waals surface area contributed by atoms with Crippen LogP contribution in [0.3, 0.4) is 0 Å². The molecule has 3 atom stereocenters. The number of aliphatic hydroxyl groups excluding tert-OH is 1. The molecule has 45 heavy (non-hydrogen) atoms. The number of carboxylic acids is 1. The number of nitrogens with one attached hydrogen (secondary N) is 2. The van der Waals surface area contributed by atoms with Gasteiger partial charge in [-0.3, -0.25) is 24.1 Å². The topological polar surface area (TPSA) is 244 Å². The maximum atomic E-state index is 13.4. The van der Waals surface area contributed by atoms with Crippen molar-refractivity contribution in [1.82, 2.24) is 25.2 Å². The highest BCUT2D eigenvalue weighted by atomic mass is 32.2. The van der Waals surface area contributed by atoms with Crippen LogP contribution in [0.1, 0.15) is 22.2 Å². The number of amides is 3. The number of aliphatic hydroxyl groups is 1. The molecule has 2 aliphatic heterocycles. The van der Waals surface area contributed by atoms with Crippen LogP contribution in [0.25, 0.3) is 0 Å². The van der Waals surface area contributed by atoms with Crippen LogP contribution < -0.4 is 31.5 Å². The Balaban J connectivity index is 1.31. The Morgan fingerprint density at radius 1 is 1.27 bits per heavy atom. The van der Waals surface area contributed by atoms with Crippen molar-refractivity contribution in [2.24, 2.45) is 0 Å². The highest BCUT2D eigenvalue weighted by Crippen LogP contribution is 2.41. The predicted molar refractivity (Wildman–Crippen MR) is 158 cm³/mol. The zero-order chi connectivity index (χ0) is 32.4. The molecule has 3 aromatic rings. The summed E-state index contributed by atoms with van der Waals surface area (Å²) in [5.41, 5.74) is 4.37. The normalized spacial score (nSPS) is 18.2. The molecule has 19 heteroatoms. The van der Waals surface area contributed by atoms with Gasteiger partial charge >= 0.3 is 0 Å². The van der Waals surface area contributed by atoms with E-state index in [1.807, 2.05) is 12.1 Å². The first kappa shape index (κ1) is 31.8. The number of aromatic hydroxyl groups is 1. The second-order valence-electron chi connectivity index (χ2n) is 9.69. The number of β-lactam (4-membered cyclic amide) rings is 1. The Morgan fingerprint density at radius 3 is 2.64 bits per heavy atom. The Bertz CT molecular complexity index is 1760. The lowest BCUT2D eigenvalue weighted by atomic mass is 10.0. The summed E-state index contributed by atoms with van der Waals surface area (Å²) in [4.78, 5) is 69.5. The molecule has 7 N–H and O–H groups in total. The van der Waals surface area contributed by atoms with Crippen molar-refractivity contribution < 1.29 is 44.3 Å². The molecule has 0 saturated carbocycles. The van der Waals surface area contributed by atoms with E-state index < -0.39 is 58.0 Å². The summed E-state index contributed by atoms with van der Waals surface area (Å²) in [6, 6.07) is 1.63. The van der Waals surface area contributed by atoms with Crippen molar-refractivity contribution in [3.8, 4) is 5.75 Å². The van der Waals surface area contributed by atoms with Gasteiger partial charge in [0.05, 0.1) is 23.6 Å². The minimum atomic E-state index is -1.53. The van der Waals surface area contributed by atoms with E-state index in [4.69, 9.17) is 10.8 Å². The Labute approximate surface area is 266 Å². The highest BCUT2D eigenvalue weighted by Gasteiger charge is 2.53.